The average Bonchev–Trinajstić information content (AvgIpc) is 3.16. The Morgan fingerprint density at radius 2 is 1.36 bits per heavy atom. The van der Waals surface area contributed by atoms with Gasteiger partial charge in [-0.2, -0.15) is 4.31 Å². The molecule has 1 aromatic carbocycles. The molecule has 2 amide bonds. The van der Waals surface area contributed by atoms with E-state index in [0.717, 1.165) is 25.9 Å². The number of Topliss-reactive ketones (excluding diaryl/α,β-unsaturated/α-hetero) is 1. The number of ketones is 1. The van der Waals surface area contributed by atoms with Crippen molar-refractivity contribution < 1.29 is 18.0 Å². The monoisotopic (exact) mass is 365 g/mol. The Labute approximate surface area is 148 Å². The van der Waals surface area contributed by atoms with E-state index in [9.17, 15) is 18.0 Å². The van der Waals surface area contributed by atoms with Gasteiger partial charge in [0.15, 0.2) is 5.78 Å². The topological polar surface area (TPSA) is 78.0 Å². The highest BCUT2D eigenvalue weighted by Crippen LogP contribution is 2.20. The molecule has 7 nitrogen and oxygen atoms in total. The third-order valence-electron chi connectivity index (χ3n) is 4.78. The lowest BCUT2D eigenvalue weighted by atomic mass is 10.2. The highest BCUT2D eigenvalue weighted by molar-refractivity contribution is 7.89. The molecule has 0 radical (unpaired) electrons. The van der Waals surface area contributed by atoms with Crippen LogP contribution in [-0.2, 0) is 10.0 Å². The SMILES string of the molecule is CC(=O)c1ccc(S(=O)(=O)N2CCN(C(=O)N3CCCC3)CC2)cc1. The second-order valence-electron chi connectivity index (χ2n) is 6.45. The molecule has 0 aliphatic carbocycles. The van der Waals surface area contributed by atoms with Crippen molar-refractivity contribution in [2.75, 3.05) is 39.3 Å². The molecule has 0 bridgehead atoms. The number of rotatable bonds is 3. The van der Waals surface area contributed by atoms with Crippen LogP contribution in [0.5, 0.6) is 0 Å². The Hall–Kier alpha value is -1.93. The maximum absolute atomic E-state index is 12.7. The number of carbonyl (C=O) groups excluding carboxylic acids is 2. The smallest absolute Gasteiger partial charge is 0.320 e. The summed E-state index contributed by atoms with van der Waals surface area (Å²) in [6, 6.07) is 6.01. The summed E-state index contributed by atoms with van der Waals surface area (Å²) in [6.07, 6.45) is 2.08. The number of hydrogen-bond donors (Lipinski definition) is 0. The van der Waals surface area contributed by atoms with Gasteiger partial charge < -0.3 is 9.80 Å². The van der Waals surface area contributed by atoms with E-state index < -0.39 is 10.0 Å². The van der Waals surface area contributed by atoms with Gasteiger partial charge in [0.05, 0.1) is 4.90 Å². The molecule has 0 N–H and O–H groups in total. The molecule has 8 heteroatoms. The molecule has 0 saturated carbocycles. The molecule has 0 unspecified atom stereocenters. The van der Waals surface area contributed by atoms with Crippen LogP contribution in [0, 0.1) is 0 Å². The third-order valence-corrected chi connectivity index (χ3v) is 6.70. The first-order chi connectivity index (χ1) is 11.9. The molecule has 25 heavy (non-hydrogen) atoms. The van der Waals surface area contributed by atoms with Crippen LogP contribution in [0.4, 0.5) is 4.79 Å². The van der Waals surface area contributed by atoms with E-state index in [1.54, 1.807) is 4.90 Å². The Kier molecular flexibility index (Phi) is 5.10. The second kappa shape index (κ2) is 7.13. The minimum Gasteiger partial charge on any atom is -0.325 e. The molecule has 2 fully saturated rings. The predicted octanol–water partition coefficient (Wildman–Crippen LogP) is 1.41. The fraction of sp³-hybridized carbons (Fsp3) is 0.529. The van der Waals surface area contributed by atoms with Gasteiger partial charge in [-0.05, 0) is 31.9 Å². The van der Waals surface area contributed by atoms with Gasteiger partial charge in [0.25, 0.3) is 0 Å². The summed E-state index contributed by atoms with van der Waals surface area (Å²) in [5.41, 5.74) is 0.486. The summed E-state index contributed by atoms with van der Waals surface area (Å²) in [6.45, 7) is 4.41. The van der Waals surface area contributed by atoms with Gasteiger partial charge in [-0.25, -0.2) is 13.2 Å². The van der Waals surface area contributed by atoms with Crippen LogP contribution < -0.4 is 0 Å². The number of nitrogens with zero attached hydrogens (tertiary/aromatic N) is 3. The summed E-state index contributed by atoms with van der Waals surface area (Å²) in [4.78, 5) is 27.4. The van der Waals surface area contributed by atoms with E-state index in [-0.39, 0.29) is 29.8 Å². The van der Waals surface area contributed by atoms with E-state index in [1.807, 2.05) is 4.90 Å². The van der Waals surface area contributed by atoms with Crippen LogP contribution in [0.2, 0.25) is 0 Å². The normalized spacial score (nSPS) is 19.2. The van der Waals surface area contributed by atoms with E-state index in [4.69, 9.17) is 0 Å². The van der Waals surface area contributed by atoms with Gasteiger partial charge in [0.2, 0.25) is 10.0 Å². The van der Waals surface area contributed by atoms with E-state index in [0.29, 0.717) is 18.7 Å². The molecule has 2 aliphatic heterocycles. The largest absolute Gasteiger partial charge is 0.325 e. The average molecular weight is 365 g/mol. The highest BCUT2D eigenvalue weighted by atomic mass is 32.2. The first-order valence-corrected chi connectivity index (χ1v) is 9.98. The molecule has 0 aromatic heterocycles. The van der Waals surface area contributed by atoms with Gasteiger partial charge in [-0.1, -0.05) is 12.1 Å². The zero-order valence-electron chi connectivity index (χ0n) is 14.3. The number of benzene rings is 1. The Balaban J connectivity index is 1.64. The summed E-state index contributed by atoms with van der Waals surface area (Å²) in [5.74, 6) is -0.0991. The molecule has 0 spiro atoms. The zero-order chi connectivity index (χ0) is 18.0. The number of amides is 2. The number of hydrogen-bond acceptors (Lipinski definition) is 4. The first kappa shape index (κ1) is 17.9. The molecule has 2 saturated heterocycles. The van der Waals surface area contributed by atoms with Crippen LogP contribution in [0.1, 0.15) is 30.1 Å². The molecule has 0 atom stereocenters. The number of piperazine rings is 1. The van der Waals surface area contributed by atoms with E-state index in [1.165, 1.54) is 35.5 Å². The van der Waals surface area contributed by atoms with E-state index in [2.05, 4.69) is 0 Å². The number of carbonyl (C=O) groups is 2. The molecule has 136 valence electrons. The van der Waals surface area contributed by atoms with Gasteiger partial charge in [-0.3, -0.25) is 4.79 Å². The quantitative estimate of drug-likeness (QED) is 0.759. The summed E-state index contributed by atoms with van der Waals surface area (Å²) in [7, 11) is -3.60. The van der Waals surface area contributed by atoms with Crippen molar-refractivity contribution in [2.45, 2.75) is 24.7 Å². The minimum absolute atomic E-state index is 0.0142. The lowest BCUT2D eigenvalue weighted by Gasteiger charge is -2.36. The first-order valence-electron chi connectivity index (χ1n) is 8.54. The Bertz CT molecular complexity index is 747. The second-order valence-corrected chi connectivity index (χ2v) is 8.39. The van der Waals surface area contributed by atoms with Crippen molar-refractivity contribution >= 4 is 21.8 Å². The molecule has 1 aromatic rings. The van der Waals surface area contributed by atoms with Crippen LogP contribution in [-0.4, -0.2) is 73.6 Å². The van der Waals surface area contributed by atoms with Crippen LogP contribution >= 0.6 is 0 Å². The minimum atomic E-state index is -3.60. The maximum Gasteiger partial charge on any atom is 0.320 e. The fourth-order valence-corrected chi connectivity index (χ4v) is 4.66. The Morgan fingerprint density at radius 3 is 1.88 bits per heavy atom. The van der Waals surface area contributed by atoms with Crippen LogP contribution in [0.15, 0.2) is 29.2 Å². The number of sulfonamides is 1. The molecule has 3 rings (SSSR count). The summed E-state index contributed by atoms with van der Waals surface area (Å²) >= 11 is 0. The van der Waals surface area contributed by atoms with Crippen molar-refractivity contribution in [3.8, 4) is 0 Å². The predicted molar refractivity (Wildman–Crippen MR) is 93.0 cm³/mol. The highest BCUT2D eigenvalue weighted by Gasteiger charge is 2.32. The van der Waals surface area contributed by atoms with Crippen molar-refractivity contribution in [1.29, 1.82) is 0 Å². The number of likely N-dealkylation sites (tertiary alicyclic amines) is 1. The molecular formula is C17H23N3O4S. The van der Waals surface area contributed by atoms with E-state index >= 15 is 0 Å². The van der Waals surface area contributed by atoms with Crippen LogP contribution in [0.3, 0.4) is 0 Å². The van der Waals surface area contributed by atoms with Gasteiger partial charge in [-0.15, -0.1) is 0 Å². The van der Waals surface area contributed by atoms with Gasteiger partial charge in [0.1, 0.15) is 0 Å². The lowest BCUT2D eigenvalue weighted by Crippen LogP contribution is -2.53. The van der Waals surface area contributed by atoms with Crippen molar-refractivity contribution in [3.63, 3.8) is 0 Å². The molecule has 2 heterocycles. The van der Waals surface area contributed by atoms with Crippen molar-refractivity contribution in [3.05, 3.63) is 29.8 Å². The summed E-state index contributed by atoms with van der Waals surface area (Å²) in [5, 5.41) is 0. The Morgan fingerprint density at radius 1 is 0.840 bits per heavy atom. The van der Waals surface area contributed by atoms with Gasteiger partial charge >= 0.3 is 6.03 Å². The maximum atomic E-state index is 12.7. The fourth-order valence-electron chi connectivity index (χ4n) is 3.24. The van der Waals surface area contributed by atoms with Crippen LogP contribution in [0.25, 0.3) is 0 Å². The summed E-state index contributed by atoms with van der Waals surface area (Å²) < 4.78 is 26.9. The third kappa shape index (κ3) is 3.69. The zero-order valence-corrected chi connectivity index (χ0v) is 15.2. The van der Waals surface area contributed by atoms with Crippen molar-refractivity contribution in [2.24, 2.45) is 0 Å². The van der Waals surface area contributed by atoms with Gasteiger partial charge in [0, 0.05) is 44.8 Å². The molecular weight excluding hydrogens is 342 g/mol. The standard InChI is InChI=1S/C17H23N3O4S/c1-14(21)15-4-6-16(7-5-15)25(23,24)20-12-10-19(11-13-20)17(22)18-8-2-3-9-18/h4-7H,2-3,8-13H2,1H3. The lowest BCUT2D eigenvalue weighted by molar-refractivity contribution is 0.101. The number of urea groups is 1. The van der Waals surface area contributed by atoms with Crippen molar-refractivity contribution in [1.82, 2.24) is 14.1 Å². The molecule has 2 aliphatic rings.